The topological polar surface area (TPSA) is 43.7 Å². The first-order valence-electron chi connectivity index (χ1n) is 8.33. The Morgan fingerprint density at radius 3 is 2.68 bits per heavy atom. The first-order valence-corrected chi connectivity index (χ1v) is 9.21. The minimum atomic E-state index is 0.0835. The van der Waals surface area contributed by atoms with Crippen LogP contribution in [0.15, 0.2) is 41.8 Å². The number of carbonyl (C=O) groups excluding carboxylic acids is 1. The molecule has 3 heterocycles. The number of amides is 1. The molecule has 1 aliphatic heterocycles. The van der Waals surface area contributed by atoms with Crippen molar-refractivity contribution in [1.82, 2.24) is 9.47 Å². The van der Waals surface area contributed by atoms with Gasteiger partial charge in [-0.2, -0.15) is 0 Å². The Hall–Kier alpha value is -2.31. The molecule has 0 unspecified atom stereocenters. The van der Waals surface area contributed by atoms with Gasteiger partial charge in [-0.25, -0.2) is 0 Å². The Kier molecular flexibility index (Phi) is 4.46. The summed E-state index contributed by atoms with van der Waals surface area (Å²) in [5.41, 5.74) is 1.89. The molecule has 5 nitrogen and oxygen atoms in total. The van der Waals surface area contributed by atoms with Gasteiger partial charge in [-0.05, 0) is 35.2 Å². The molecule has 1 aromatic carbocycles. The lowest BCUT2D eigenvalue weighted by Gasteiger charge is -2.27. The standard InChI is InChI=1S/C19H20N2O3S/c1-23-16-4-2-14(3-5-16)13-21-17(12-15-6-11-25-19(15)21)18(22)20-7-9-24-10-8-20/h2-6,11-12H,7-10,13H2,1H3. The van der Waals surface area contributed by atoms with Crippen molar-refractivity contribution >= 4 is 27.5 Å². The number of aromatic nitrogens is 1. The van der Waals surface area contributed by atoms with Gasteiger partial charge in [0.25, 0.3) is 5.91 Å². The third-order valence-electron chi connectivity index (χ3n) is 4.52. The highest BCUT2D eigenvalue weighted by Gasteiger charge is 2.23. The van der Waals surface area contributed by atoms with E-state index >= 15 is 0 Å². The van der Waals surface area contributed by atoms with E-state index in [1.165, 1.54) is 0 Å². The van der Waals surface area contributed by atoms with E-state index in [9.17, 15) is 4.79 Å². The first kappa shape index (κ1) is 16.2. The van der Waals surface area contributed by atoms with Crippen LogP contribution in [0.5, 0.6) is 5.75 Å². The number of fused-ring (bicyclic) bond motifs is 1. The largest absolute Gasteiger partial charge is 0.497 e. The molecule has 6 heteroatoms. The zero-order chi connectivity index (χ0) is 17.2. The quantitative estimate of drug-likeness (QED) is 0.721. The van der Waals surface area contributed by atoms with Crippen LogP contribution in [0.25, 0.3) is 10.2 Å². The second-order valence-electron chi connectivity index (χ2n) is 6.05. The molecule has 0 radical (unpaired) electrons. The second-order valence-corrected chi connectivity index (χ2v) is 6.94. The van der Waals surface area contributed by atoms with Crippen molar-refractivity contribution in [2.24, 2.45) is 0 Å². The predicted molar refractivity (Wildman–Crippen MR) is 98.6 cm³/mol. The lowest BCUT2D eigenvalue weighted by atomic mass is 10.2. The normalized spacial score (nSPS) is 14.8. The molecule has 4 rings (SSSR count). The van der Waals surface area contributed by atoms with Gasteiger partial charge in [0.1, 0.15) is 16.3 Å². The van der Waals surface area contributed by atoms with Gasteiger partial charge in [-0.3, -0.25) is 4.79 Å². The smallest absolute Gasteiger partial charge is 0.270 e. The summed E-state index contributed by atoms with van der Waals surface area (Å²) >= 11 is 1.67. The maximum absolute atomic E-state index is 13.0. The van der Waals surface area contributed by atoms with Crippen LogP contribution in [0.2, 0.25) is 0 Å². The number of hydrogen-bond acceptors (Lipinski definition) is 4. The molecule has 0 saturated carbocycles. The van der Waals surface area contributed by atoms with Crippen LogP contribution in [0.3, 0.4) is 0 Å². The highest BCUT2D eigenvalue weighted by Crippen LogP contribution is 2.27. The fourth-order valence-electron chi connectivity index (χ4n) is 3.15. The van der Waals surface area contributed by atoms with E-state index in [-0.39, 0.29) is 5.91 Å². The predicted octanol–water partition coefficient (Wildman–Crippen LogP) is 3.23. The average Bonchev–Trinajstić information content (AvgIpc) is 3.25. The number of thiophene rings is 1. The summed E-state index contributed by atoms with van der Waals surface area (Å²) in [4.78, 5) is 16.0. The number of morpholine rings is 1. The van der Waals surface area contributed by atoms with Crippen LogP contribution in [-0.2, 0) is 11.3 Å². The van der Waals surface area contributed by atoms with Gasteiger partial charge < -0.3 is 18.9 Å². The summed E-state index contributed by atoms with van der Waals surface area (Å²) in [7, 11) is 1.66. The fourth-order valence-corrected chi connectivity index (χ4v) is 4.05. The molecule has 1 aliphatic rings. The van der Waals surface area contributed by atoms with E-state index in [0.717, 1.165) is 27.2 Å². The van der Waals surface area contributed by atoms with Crippen molar-refractivity contribution in [1.29, 1.82) is 0 Å². The Balaban J connectivity index is 1.68. The van der Waals surface area contributed by atoms with Crippen molar-refractivity contribution in [2.45, 2.75) is 6.54 Å². The number of rotatable bonds is 4. The van der Waals surface area contributed by atoms with Crippen molar-refractivity contribution in [3.05, 3.63) is 53.0 Å². The zero-order valence-electron chi connectivity index (χ0n) is 14.1. The third-order valence-corrected chi connectivity index (χ3v) is 5.47. The summed E-state index contributed by atoms with van der Waals surface area (Å²) in [5, 5.41) is 3.19. The van der Waals surface area contributed by atoms with Gasteiger partial charge in [0.05, 0.1) is 20.3 Å². The summed E-state index contributed by atoms with van der Waals surface area (Å²) in [6, 6.07) is 12.1. The molecular weight excluding hydrogens is 336 g/mol. The van der Waals surface area contributed by atoms with Crippen molar-refractivity contribution in [3.63, 3.8) is 0 Å². The van der Waals surface area contributed by atoms with Gasteiger partial charge in [0, 0.05) is 25.0 Å². The molecule has 3 aromatic rings. The Morgan fingerprint density at radius 1 is 1.20 bits per heavy atom. The van der Waals surface area contributed by atoms with Crippen molar-refractivity contribution < 1.29 is 14.3 Å². The Bertz CT molecular complexity index is 876. The molecule has 0 bridgehead atoms. The van der Waals surface area contributed by atoms with Gasteiger partial charge in [0.15, 0.2) is 0 Å². The van der Waals surface area contributed by atoms with Gasteiger partial charge >= 0.3 is 0 Å². The van der Waals surface area contributed by atoms with Crippen LogP contribution in [0.4, 0.5) is 0 Å². The number of ether oxygens (including phenoxy) is 2. The molecule has 1 fully saturated rings. The molecule has 0 N–H and O–H groups in total. The van der Waals surface area contributed by atoms with Crippen LogP contribution in [0.1, 0.15) is 16.1 Å². The van der Waals surface area contributed by atoms with Crippen molar-refractivity contribution in [2.75, 3.05) is 33.4 Å². The Morgan fingerprint density at radius 2 is 1.96 bits per heavy atom. The monoisotopic (exact) mass is 356 g/mol. The maximum Gasteiger partial charge on any atom is 0.270 e. The lowest BCUT2D eigenvalue weighted by molar-refractivity contribution is 0.0296. The minimum absolute atomic E-state index is 0.0835. The van der Waals surface area contributed by atoms with Crippen LogP contribution in [0, 0.1) is 0 Å². The Labute approximate surface area is 150 Å². The van der Waals surface area contributed by atoms with Crippen molar-refractivity contribution in [3.8, 4) is 5.75 Å². The molecule has 1 amide bonds. The van der Waals surface area contributed by atoms with Crippen LogP contribution in [-0.4, -0.2) is 48.8 Å². The van der Waals surface area contributed by atoms with Gasteiger partial charge in [-0.15, -0.1) is 11.3 Å². The molecule has 0 aliphatic carbocycles. The van der Waals surface area contributed by atoms with Gasteiger partial charge in [-0.1, -0.05) is 12.1 Å². The summed E-state index contributed by atoms with van der Waals surface area (Å²) in [5.74, 6) is 0.919. The maximum atomic E-state index is 13.0. The molecule has 0 atom stereocenters. The molecule has 0 spiro atoms. The molecule has 2 aromatic heterocycles. The molecule has 130 valence electrons. The highest BCUT2D eigenvalue weighted by atomic mass is 32.1. The highest BCUT2D eigenvalue weighted by molar-refractivity contribution is 7.16. The van der Waals surface area contributed by atoms with E-state index in [2.05, 4.69) is 16.0 Å². The summed E-state index contributed by atoms with van der Waals surface area (Å²) < 4.78 is 12.7. The number of nitrogens with zero attached hydrogens (tertiary/aromatic N) is 2. The van der Waals surface area contributed by atoms with E-state index in [1.54, 1.807) is 18.4 Å². The van der Waals surface area contributed by atoms with Crippen LogP contribution >= 0.6 is 11.3 Å². The van der Waals surface area contributed by atoms with E-state index in [0.29, 0.717) is 32.8 Å². The van der Waals surface area contributed by atoms with Gasteiger partial charge in [0.2, 0.25) is 0 Å². The van der Waals surface area contributed by atoms with Crippen LogP contribution < -0.4 is 4.74 Å². The fraction of sp³-hybridized carbons (Fsp3) is 0.316. The first-order chi connectivity index (χ1) is 12.3. The average molecular weight is 356 g/mol. The summed E-state index contributed by atoms with van der Waals surface area (Å²) in [6.07, 6.45) is 0. The number of hydrogen-bond donors (Lipinski definition) is 0. The number of benzene rings is 1. The summed E-state index contributed by atoms with van der Waals surface area (Å²) in [6.45, 7) is 3.19. The van der Waals surface area contributed by atoms with E-state index in [1.807, 2.05) is 35.2 Å². The molecule has 25 heavy (non-hydrogen) atoms. The SMILES string of the molecule is COc1ccc(Cn2c(C(=O)N3CCOCC3)cc3ccsc32)cc1. The number of carbonyl (C=O) groups is 1. The zero-order valence-corrected chi connectivity index (χ0v) is 14.9. The third kappa shape index (κ3) is 3.15. The number of methoxy groups -OCH3 is 1. The lowest BCUT2D eigenvalue weighted by Crippen LogP contribution is -2.41. The van der Waals surface area contributed by atoms with E-state index in [4.69, 9.17) is 9.47 Å². The minimum Gasteiger partial charge on any atom is -0.497 e. The molecule has 1 saturated heterocycles. The second kappa shape index (κ2) is 6.90. The molecular formula is C19H20N2O3S. The van der Waals surface area contributed by atoms with E-state index < -0.39 is 0 Å².